The molecule has 1 fully saturated rings. The van der Waals surface area contributed by atoms with Gasteiger partial charge in [0, 0.05) is 26.3 Å². The minimum absolute atomic E-state index is 0.318. The molecule has 0 aromatic carbocycles. The number of nitrogens with zero attached hydrogens (tertiary/aromatic N) is 3. The summed E-state index contributed by atoms with van der Waals surface area (Å²) >= 11 is 0. The topological polar surface area (TPSA) is 47.1 Å². The Morgan fingerprint density at radius 3 is 2.93 bits per heavy atom. The van der Waals surface area contributed by atoms with E-state index in [-0.39, 0.29) is 0 Å². The van der Waals surface area contributed by atoms with Crippen molar-refractivity contribution in [2.75, 3.05) is 19.6 Å². The van der Waals surface area contributed by atoms with Crippen molar-refractivity contribution in [1.82, 2.24) is 14.7 Å². The van der Waals surface area contributed by atoms with E-state index >= 15 is 0 Å². The molecule has 1 aliphatic heterocycles. The Bertz CT molecular complexity index is 333. The van der Waals surface area contributed by atoms with Gasteiger partial charge in [-0.25, -0.2) is 0 Å². The standard InChI is InChI=1S/C11H20N4/c1-11(8-12)4-6-15(9-11)7-10-3-5-13-14(10)2/h3,5H,4,6-9,12H2,1-2H3. The van der Waals surface area contributed by atoms with Crippen molar-refractivity contribution in [2.45, 2.75) is 19.9 Å². The molecule has 1 aromatic heterocycles. The first kappa shape index (κ1) is 10.6. The van der Waals surface area contributed by atoms with Gasteiger partial charge in [-0.05, 0) is 31.0 Å². The van der Waals surface area contributed by atoms with Crippen molar-refractivity contribution in [3.8, 4) is 0 Å². The predicted octanol–water partition coefficient (Wildman–Crippen LogP) is 0.591. The molecule has 2 rings (SSSR count). The van der Waals surface area contributed by atoms with Crippen LogP contribution in [0.1, 0.15) is 19.0 Å². The lowest BCUT2D eigenvalue weighted by atomic mass is 9.90. The second-order valence-electron chi connectivity index (χ2n) is 4.92. The molecule has 4 heteroatoms. The van der Waals surface area contributed by atoms with Gasteiger partial charge in [0.2, 0.25) is 0 Å². The van der Waals surface area contributed by atoms with Crippen LogP contribution in [0.4, 0.5) is 0 Å². The van der Waals surface area contributed by atoms with E-state index in [2.05, 4.69) is 23.0 Å². The lowest BCUT2D eigenvalue weighted by Crippen LogP contribution is -2.31. The van der Waals surface area contributed by atoms with E-state index in [1.807, 2.05) is 17.9 Å². The molecule has 0 bridgehead atoms. The second-order valence-corrected chi connectivity index (χ2v) is 4.92. The Kier molecular flexibility index (Phi) is 2.80. The van der Waals surface area contributed by atoms with Crippen LogP contribution in [0.3, 0.4) is 0 Å². The molecule has 1 saturated heterocycles. The number of hydrogen-bond acceptors (Lipinski definition) is 3. The highest BCUT2D eigenvalue weighted by Gasteiger charge is 2.32. The van der Waals surface area contributed by atoms with Crippen LogP contribution in [0.15, 0.2) is 12.3 Å². The third-order valence-corrected chi connectivity index (χ3v) is 3.44. The first-order chi connectivity index (χ1) is 7.13. The number of aromatic nitrogens is 2. The van der Waals surface area contributed by atoms with E-state index in [0.29, 0.717) is 5.41 Å². The van der Waals surface area contributed by atoms with Gasteiger partial charge in [-0.3, -0.25) is 9.58 Å². The first-order valence-electron chi connectivity index (χ1n) is 5.52. The first-order valence-corrected chi connectivity index (χ1v) is 5.52. The van der Waals surface area contributed by atoms with Gasteiger partial charge in [0.05, 0.1) is 5.69 Å². The molecular formula is C11H20N4. The van der Waals surface area contributed by atoms with Crippen LogP contribution in [0.25, 0.3) is 0 Å². The lowest BCUT2D eigenvalue weighted by Gasteiger charge is -2.22. The summed E-state index contributed by atoms with van der Waals surface area (Å²) in [7, 11) is 1.99. The minimum atomic E-state index is 0.318. The van der Waals surface area contributed by atoms with E-state index < -0.39 is 0 Å². The molecule has 1 unspecified atom stereocenters. The number of aryl methyl sites for hydroxylation is 1. The van der Waals surface area contributed by atoms with Crippen LogP contribution in [-0.4, -0.2) is 34.3 Å². The minimum Gasteiger partial charge on any atom is -0.330 e. The monoisotopic (exact) mass is 208 g/mol. The van der Waals surface area contributed by atoms with Crippen LogP contribution >= 0.6 is 0 Å². The van der Waals surface area contributed by atoms with Gasteiger partial charge >= 0.3 is 0 Å². The average molecular weight is 208 g/mol. The fourth-order valence-corrected chi connectivity index (χ4v) is 2.21. The summed E-state index contributed by atoms with van der Waals surface area (Å²) < 4.78 is 1.94. The van der Waals surface area contributed by atoms with E-state index in [0.717, 1.165) is 26.2 Å². The Balaban J connectivity index is 1.96. The molecule has 1 aliphatic rings. The van der Waals surface area contributed by atoms with Crippen molar-refractivity contribution in [2.24, 2.45) is 18.2 Å². The third kappa shape index (κ3) is 2.21. The van der Waals surface area contributed by atoms with Gasteiger partial charge in [0.1, 0.15) is 0 Å². The van der Waals surface area contributed by atoms with Crippen molar-refractivity contribution in [1.29, 1.82) is 0 Å². The van der Waals surface area contributed by atoms with Gasteiger partial charge in [-0.1, -0.05) is 6.92 Å². The highest BCUT2D eigenvalue weighted by molar-refractivity contribution is 5.01. The molecule has 0 spiro atoms. The Hall–Kier alpha value is -0.870. The molecule has 0 aliphatic carbocycles. The molecule has 2 heterocycles. The molecule has 0 radical (unpaired) electrons. The number of rotatable bonds is 3. The van der Waals surface area contributed by atoms with Crippen LogP contribution < -0.4 is 5.73 Å². The Morgan fingerprint density at radius 1 is 1.60 bits per heavy atom. The van der Waals surface area contributed by atoms with E-state index in [9.17, 15) is 0 Å². The van der Waals surface area contributed by atoms with Gasteiger partial charge in [-0.2, -0.15) is 5.10 Å². The van der Waals surface area contributed by atoms with E-state index in [1.54, 1.807) is 0 Å². The zero-order valence-electron chi connectivity index (χ0n) is 9.61. The Morgan fingerprint density at radius 2 is 2.40 bits per heavy atom. The molecule has 4 nitrogen and oxygen atoms in total. The molecular weight excluding hydrogens is 188 g/mol. The molecule has 1 atom stereocenters. The number of hydrogen-bond donors (Lipinski definition) is 1. The maximum atomic E-state index is 5.79. The van der Waals surface area contributed by atoms with Crippen LogP contribution in [0, 0.1) is 5.41 Å². The average Bonchev–Trinajstić information content (AvgIpc) is 2.77. The maximum absolute atomic E-state index is 5.79. The summed E-state index contributed by atoms with van der Waals surface area (Å²) in [6.07, 6.45) is 3.06. The third-order valence-electron chi connectivity index (χ3n) is 3.44. The van der Waals surface area contributed by atoms with Gasteiger partial charge in [0.25, 0.3) is 0 Å². The van der Waals surface area contributed by atoms with Crippen LogP contribution in [0.2, 0.25) is 0 Å². The molecule has 84 valence electrons. The summed E-state index contributed by atoms with van der Waals surface area (Å²) in [5.41, 5.74) is 7.38. The summed E-state index contributed by atoms with van der Waals surface area (Å²) in [4.78, 5) is 2.46. The Labute approximate surface area is 91.1 Å². The second kappa shape index (κ2) is 3.94. The highest BCUT2D eigenvalue weighted by Crippen LogP contribution is 2.29. The highest BCUT2D eigenvalue weighted by atomic mass is 15.3. The largest absolute Gasteiger partial charge is 0.330 e. The summed E-state index contributed by atoms with van der Waals surface area (Å²) in [5, 5.41) is 4.18. The van der Waals surface area contributed by atoms with Gasteiger partial charge < -0.3 is 5.73 Å². The van der Waals surface area contributed by atoms with Gasteiger partial charge in [-0.15, -0.1) is 0 Å². The number of likely N-dealkylation sites (tertiary alicyclic amines) is 1. The van der Waals surface area contributed by atoms with Gasteiger partial charge in [0.15, 0.2) is 0 Å². The molecule has 1 aromatic rings. The zero-order chi connectivity index (χ0) is 10.9. The zero-order valence-corrected chi connectivity index (χ0v) is 9.61. The SMILES string of the molecule is Cn1nccc1CN1CCC(C)(CN)C1. The van der Waals surface area contributed by atoms with Crippen LogP contribution in [0.5, 0.6) is 0 Å². The summed E-state index contributed by atoms with van der Waals surface area (Å²) in [6.45, 7) is 6.31. The van der Waals surface area contributed by atoms with Crippen molar-refractivity contribution in [3.63, 3.8) is 0 Å². The maximum Gasteiger partial charge on any atom is 0.0521 e. The van der Waals surface area contributed by atoms with E-state index in [4.69, 9.17) is 5.73 Å². The fraction of sp³-hybridized carbons (Fsp3) is 0.727. The molecule has 0 amide bonds. The predicted molar refractivity (Wildman–Crippen MR) is 60.3 cm³/mol. The van der Waals surface area contributed by atoms with Crippen molar-refractivity contribution < 1.29 is 0 Å². The summed E-state index contributed by atoms with van der Waals surface area (Å²) in [6, 6.07) is 2.08. The molecule has 15 heavy (non-hydrogen) atoms. The fourth-order valence-electron chi connectivity index (χ4n) is 2.21. The smallest absolute Gasteiger partial charge is 0.0521 e. The summed E-state index contributed by atoms with van der Waals surface area (Å²) in [5.74, 6) is 0. The van der Waals surface area contributed by atoms with E-state index in [1.165, 1.54) is 12.1 Å². The van der Waals surface area contributed by atoms with Crippen molar-refractivity contribution in [3.05, 3.63) is 18.0 Å². The normalized spacial score (nSPS) is 27.4. The molecule has 0 saturated carbocycles. The molecule has 2 N–H and O–H groups in total. The number of nitrogens with two attached hydrogens (primary N) is 1. The quantitative estimate of drug-likeness (QED) is 0.791. The van der Waals surface area contributed by atoms with Crippen molar-refractivity contribution >= 4 is 0 Å². The van der Waals surface area contributed by atoms with Crippen LogP contribution in [-0.2, 0) is 13.6 Å². The lowest BCUT2D eigenvalue weighted by molar-refractivity contribution is 0.269.